The predicted molar refractivity (Wildman–Crippen MR) is 86.9 cm³/mol. The van der Waals surface area contributed by atoms with E-state index in [0.717, 1.165) is 12.2 Å². The van der Waals surface area contributed by atoms with Gasteiger partial charge in [0.05, 0.1) is 0 Å². The SMILES string of the molecule is CC(C)c1cc(C(=O)NC[C@@H]2CCCN3CCCC[C@@H]23)n[nH]1. The normalized spacial score (nSPS) is 26.0. The van der Waals surface area contributed by atoms with E-state index in [1.165, 1.54) is 45.2 Å². The van der Waals surface area contributed by atoms with Crippen molar-refractivity contribution in [1.82, 2.24) is 20.4 Å². The number of hydrogen-bond acceptors (Lipinski definition) is 3. The Kier molecular flexibility index (Phi) is 4.81. The van der Waals surface area contributed by atoms with Gasteiger partial charge in [-0.3, -0.25) is 9.89 Å². The maximum absolute atomic E-state index is 12.3. The van der Waals surface area contributed by atoms with Crippen molar-refractivity contribution in [3.8, 4) is 0 Å². The van der Waals surface area contributed by atoms with Gasteiger partial charge in [-0.1, -0.05) is 20.3 Å². The van der Waals surface area contributed by atoms with Gasteiger partial charge in [0.2, 0.25) is 0 Å². The Bertz CT molecular complexity index is 509. The number of fused-ring (bicyclic) bond motifs is 1. The number of hydrogen-bond donors (Lipinski definition) is 2. The number of rotatable bonds is 4. The summed E-state index contributed by atoms with van der Waals surface area (Å²) in [6, 6.07) is 2.54. The van der Waals surface area contributed by atoms with Gasteiger partial charge < -0.3 is 10.2 Å². The summed E-state index contributed by atoms with van der Waals surface area (Å²) < 4.78 is 0. The number of aromatic nitrogens is 2. The maximum atomic E-state index is 12.3. The first-order valence-electron chi connectivity index (χ1n) is 8.72. The number of H-pyrrole nitrogens is 1. The summed E-state index contributed by atoms with van der Waals surface area (Å²) in [5.74, 6) is 0.917. The Morgan fingerprint density at radius 2 is 2.18 bits per heavy atom. The molecular weight excluding hydrogens is 276 g/mol. The third-order valence-corrected chi connectivity index (χ3v) is 5.21. The van der Waals surface area contributed by atoms with Gasteiger partial charge in [0.1, 0.15) is 5.69 Å². The van der Waals surface area contributed by atoms with E-state index in [1.807, 2.05) is 6.07 Å². The van der Waals surface area contributed by atoms with E-state index in [0.29, 0.717) is 23.6 Å². The number of aromatic amines is 1. The quantitative estimate of drug-likeness (QED) is 0.898. The molecule has 0 bridgehead atoms. The van der Waals surface area contributed by atoms with Crippen molar-refractivity contribution in [3.63, 3.8) is 0 Å². The molecule has 2 aliphatic rings. The van der Waals surface area contributed by atoms with Gasteiger partial charge in [0.15, 0.2) is 0 Å². The highest BCUT2D eigenvalue weighted by molar-refractivity contribution is 5.92. The van der Waals surface area contributed by atoms with Crippen molar-refractivity contribution in [1.29, 1.82) is 0 Å². The van der Waals surface area contributed by atoms with Gasteiger partial charge in [-0.2, -0.15) is 5.10 Å². The number of nitrogens with zero attached hydrogens (tertiary/aromatic N) is 2. The van der Waals surface area contributed by atoms with Gasteiger partial charge >= 0.3 is 0 Å². The summed E-state index contributed by atoms with van der Waals surface area (Å²) in [7, 11) is 0. The molecule has 1 aromatic rings. The number of carbonyl (C=O) groups excluding carboxylic acids is 1. The molecule has 1 amide bonds. The van der Waals surface area contributed by atoms with E-state index in [-0.39, 0.29) is 5.91 Å². The zero-order valence-electron chi connectivity index (χ0n) is 13.8. The first-order valence-corrected chi connectivity index (χ1v) is 8.72. The minimum absolute atomic E-state index is 0.0453. The third-order valence-electron chi connectivity index (χ3n) is 5.21. The minimum Gasteiger partial charge on any atom is -0.350 e. The van der Waals surface area contributed by atoms with E-state index in [2.05, 4.69) is 34.3 Å². The lowest BCUT2D eigenvalue weighted by Gasteiger charge is -2.44. The average molecular weight is 304 g/mol. The van der Waals surface area contributed by atoms with E-state index in [4.69, 9.17) is 0 Å². The number of nitrogens with one attached hydrogen (secondary N) is 2. The van der Waals surface area contributed by atoms with Crippen LogP contribution in [0.25, 0.3) is 0 Å². The summed E-state index contributed by atoms with van der Waals surface area (Å²) in [4.78, 5) is 14.9. The lowest BCUT2D eigenvalue weighted by Crippen LogP contribution is -2.51. The first-order chi connectivity index (χ1) is 10.6. The molecule has 0 aromatic carbocycles. The Morgan fingerprint density at radius 1 is 1.36 bits per heavy atom. The molecule has 22 heavy (non-hydrogen) atoms. The standard InChI is InChI=1S/C17H28N4O/c1-12(2)14-10-15(20-19-14)17(22)18-11-13-6-5-9-21-8-4-3-7-16(13)21/h10,12-13,16H,3-9,11H2,1-2H3,(H,18,22)(H,19,20)/t13-,16-/m0/s1. The third kappa shape index (κ3) is 3.35. The molecule has 0 unspecified atom stereocenters. The molecule has 2 atom stereocenters. The fourth-order valence-electron chi connectivity index (χ4n) is 3.88. The Hall–Kier alpha value is -1.36. The zero-order chi connectivity index (χ0) is 15.5. The van der Waals surface area contributed by atoms with E-state index in [1.54, 1.807) is 0 Å². The molecule has 0 saturated carbocycles. The molecule has 122 valence electrons. The molecule has 2 aliphatic heterocycles. The van der Waals surface area contributed by atoms with Crippen molar-refractivity contribution in [3.05, 3.63) is 17.5 Å². The number of piperidine rings is 2. The lowest BCUT2D eigenvalue weighted by atomic mass is 9.83. The number of amides is 1. The molecule has 5 heteroatoms. The minimum atomic E-state index is -0.0453. The molecule has 0 aliphatic carbocycles. The van der Waals surface area contributed by atoms with Crippen LogP contribution in [0.3, 0.4) is 0 Å². The van der Waals surface area contributed by atoms with Crippen LogP contribution >= 0.6 is 0 Å². The fraction of sp³-hybridized carbons (Fsp3) is 0.765. The van der Waals surface area contributed by atoms with Gasteiger partial charge in [0, 0.05) is 18.3 Å². The second kappa shape index (κ2) is 6.82. The fourth-order valence-corrected chi connectivity index (χ4v) is 3.88. The lowest BCUT2D eigenvalue weighted by molar-refractivity contribution is 0.0575. The molecule has 3 rings (SSSR count). The second-order valence-corrected chi connectivity index (χ2v) is 7.07. The Morgan fingerprint density at radius 3 is 2.95 bits per heavy atom. The highest BCUT2D eigenvalue weighted by Gasteiger charge is 2.33. The number of carbonyl (C=O) groups is 1. The van der Waals surface area contributed by atoms with Crippen LogP contribution in [0.15, 0.2) is 6.07 Å². The highest BCUT2D eigenvalue weighted by Crippen LogP contribution is 2.30. The summed E-state index contributed by atoms with van der Waals surface area (Å²) in [5.41, 5.74) is 1.53. The summed E-state index contributed by atoms with van der Waals surface area (Å²) in [6.07, 6.45) is 6.46. The van der Waals surface area contributed by atoms with E-state index < -0.39 is 0 Å². The first kappa shape index (κ1) is 15.5. The molecule has 5 nitrogen and oxygen atoms in total. The molecule has 2 fully saturated rings. The van der Waals surface area contributed by atoms with Crippen LogP contribution in [0.5, 0.6) is 0 Å². The zero-order valence-corrected chi connectivity index (χ0v) is 13.8. The largest absolute Gasteiger partial charge is 0.350 e. The summed E-state index contributed by atoms with van der Waals surface area (Å²) >= 11 is 0. The van der Waals surface area contributed by atoms with Crippen molar-refractivity contribution < 1.29 is 4.79 Å². The smallest absolute Gasteiger partial charge is 0.271 e. The molecule has 1 aromatic heterocycles. The van der Waals surface area contributed by atoms with Gasteiger partial charge in [-0.05, 0) is 56.7 Å². The molecule has 0 spiro atoms. The van der Waals surface area contributed by atoms with Crippen molar-refractivity contribution >= 4 is 5.91 Å². The molecule has 2 N–H and O–H groups in total. The highest BCUT2D eigenvalue weighted by atomic mass is 16.1. The maximum Gasteiger partial charge on any atom is 0.271 e. The summed E-state index contributed by atoms with van der Waals surface area (Å²) in [5, 5.41) is 10.2. The summed E-state index contributed by atoms with van der Waals surface area (Å²) in [6.45, 7) is 7.45. The monoisotopic (exact) mass is 304 g/mol. The van der Waals surface area contributed by atoms with Crippen LogP contribution in [-0.4, -0.2) is 46.7 Å². The Balaban J connectivity index is 1.55. The van der Waals surface area contributed by atoms with E-state index >= 15 is 0 Å². The van der Waals surface area contributed by atoms with Crippen LogP contribution in [0, 0.1) is 5.92 Å². The predicted octanol–water partition coefficient (Wildman–Crippen LogP) is 2.53. The van der Waals surface area contributed by atoms with Crippen LogP contribution in [0.2, 0.25) is 0 Å². The average Bonchev–Trinajstić information content (AvgIpc) is 3.03. The van der Waals surface area contributed by atoms with Crippen molar-refractivity contribution in [2.75, 3.05) is 19.6 Å². The van der Waals surface area contributed by atoms with Crippen LogP contribution in [-0.2, 0) is 0 Å². The van der Waals surface area contributed by atoms with Crippen LogP contribution in [0.1, 0.15) is 68.1 Å². The topological polar surface area (TPSA) is 61.0 Å². The Labute approximate surface area is 132 Å². The van der Waals surface area contributed by atoms with E-state index in [9.17, 15) is 4.79 Å². The van der Waals surface area contributed by atoms with Crippen LogP contribution < -0.4 is 5.32 Å². The second-order valence-electron chi connectivity index (χ2n) is 7.07. The van der Waals surface area contributed by atoms with Crippen molar-refractivity contribution in [2.24, 2.45) is 5.92 Å². The van der Waals surface area contributed by atoms with Crippen molar-refractivity contribution in [2.45, 2.75) is 57.9 Å². The molecular formula is C17H28N4O. The van der Waals surface area contributed by atoms with Crippen LogP contribution in [0.4, 0.5) is 0 Å². The van der Waals surface area contributed by atoms with Gasteiger partial charge in [-0.15, -0.1) is 0 Å². The molecule has 2 saturated heterocycles. The van der Waals surface area contributed by atoms with Gasteiger partial charge in [0.25, 0.3) is 5.91 Å². The van der Waals surface area contributed by atoms with Gasteiger partial charge in [-0.25, -0.2) is 0 Å². The molecule has 3 heterocycles. The molecule has 0 radical (unpaired) electrons.